The molecule has 5 rings (SSSR count). The van der Waals surface area contributed by atoms with Crippen molar-refractivity contribution in [2.24, 2.45) is 5.92 Å². The van der Waals surface area contributed by atoms with Gasteiger partial charge in [0, 0.05) is 19.4 Å². The zero-order valence-corrected chi connectivity index (χ0v) is 19.7. The first-order valence-corrected chi connectivity index (χ1v) is 11.8. The molecule has 2 aliphatic rings. The minimum Gasteiger partial charge on any atom is -0.346 e. The molecule has 176 valence electrons. The molecule has 0 unspecified atom stereocenters. The number of hydrogen-bond acceptors (Lipinski definition) is 4. The summed E-state index contributed by atoms with van der Waals surface area (Å²) < 4.78 is 0. The van der Waals surface area contributed by atoms with Gasteiger partial charge in [0.05, 0.1) is 28.3 Å². The maximum absolute atomic E-state index is 13.4. The van der Waals surface area contributed by atoms with E-state index in [0.717, 1.165) is 11.0 Å². The first kappa shape index (κ1) is 22.1. The predicted octanol–water partition coefficient (Wildman–Crippen LogP) is 3.77. The molecule has 0 aliphatic carbocycles. The van der Waals surface area contributed by atoms with Gasteiger partial charge in [0.2, 0.25) is 11.8 Å². The summed E-state index contributed by atoms with van der Waals surface area (Å²) in [4.78, 5) is 50.5. The number of carbonyl (C=O) groups is 3. The highest BCUT2D eigenvalue weighted by Crippen LogP contribution is 2.44. The number of aromatic amines is 1. The van der Waals surface area contributed by atoms with Crippen LogP contribution in [0.5, 0.6) is 0 Å². The van der Waals surface area contributed by atoms with Crippen LogP contribution >= 0.6 is 0 Å². The van der Waals surface area contributed by atoms with E-state index in [2.05, 4.69) is 15.3 Å². The van der Waals surface area contributed by atoms with Gasteiger partial charge in [-0.05, 0) is 43.5 Å². The van der Waals surface area contributed by atoms with E-state index in [1.165, 1.54) is 0 Å². The third-order valence-electron chi connectivity index (χ3n) is 6.99. The Kier molecular flexibility index (Phi) is 5.38. The lowest BCUT2D eigenvalue weighted by Crippen LogP contribution is -2.62. The summed E-state index contributed by atoms with van der Waals surface area (Å²) in [7, 11) is 0. The van der Waals surface area contributed by atoms with Crippen molar-refractivity contribution in [3.63, 3.8) is 0 Å². The smallest absolute Gasteiger partial charge is 0.257 e. The molecule has 0 bridgehead atoms. The Morgan fingerprint density at radius 2 is 1.88 bits per heavy atom. The number of fused-ring (bicyclic) bond motifs is 4. The standard InChI is InChI=1S/C26H29N5O3/c1-16(2)23(24-27-18-9-5-6-10-19(18)28-24)29-21(32)13-15-30-25(34)17-8-4-7-11-20(17)31-22(33)12-14-26(30,31)3/h4-11,16,23H,12-15H2,1-3H3,(H,27,28)(H,29,32)/t23-,26+/m0/s1. The molecule has 2 aliphatic heterocycles. The Bertz CT molecular complexity index is 1250. The number of rotatable bonds is 6. The van der Waals surface area contributed by atoms with E-state index >= 15 is 0 Å². The van der Waals surface area contributed by atoms with Crippen LogP contribution in [0, 0.1) is 5.92 Å². The Balaban J connectivity index is 1.34. The van der Waals surface area contributed by atoms with Gasteiger partial charge in [0.1, 0.15) is 11.5 Å². The lowest BCUT2D eigenvalue weighted by molar-refractivity contribution is -0.122. The van der Waals surface area contributed by atoms with Crippen LogP contribution in [0.25, 0.3) is 11.0 Å². The van der Waals surface area contributed by atoms with Crippen molar-refractivity contribution in [2.45, 2.75) is 51.7 Å². The Morgan fingerprint density at radius 3 is 2.65 bits per heavy atom. The van der Waals surface area contributed by atoms with Crippen molar-refractivity contribution in [3.8, 4) is 0 Å². The third-order valence-corrected chi connectivity index (χ3v) is 6.99. The summed E-state index contributed by atoms with van der Waals surface area (Å²) in [5.74, 6) is 0.530. The molecular formula is C26H29N5O3. The molecule has 3 heterocycles. The summed E-state index contributed by atoms with van der Waals surface area (Å²) in [6.07, 6.45) is 1.05. The van der Waals surface area contributed by atoms with Crippen LogP contribution in [-0.4, -0.2) is 44.8 Å². The number of nitrogens with zero attached hydrogens (tertiary/aromatic N) is 3. The quantitative estimate of drug-likeness (QED) is 0.586. The average molecular weight is 460 g/mol. The van der Waals surface area contributed by atoms with Crippen LogP contribution in [0.1, 0.15) is 62.3 Å². The Hall–Kier alpha value is -3.68. The fraction of sp³-hybridized carbons (Fsp3) is 0.385. The van der Waals surface area contributed by atoms with Gasteiger partial charge in [0.25, 0.3) is 5.91 Å². The van der Waals surface area contributed by atoms with Gasteiger partial charge in [-0.2, -0.15) is 0 Å². The number of hydrogen-bond donors (Lipinski definition) is 2. The zero-order valence-electron chi connectivity index (χ0n) is 19.7. The molecule has 0 saturated carbocycles. The van der Waals surface area contributed by atoms with Crippen molar-refractivity contribution in [2.75, 3.05) is 11.4 Å². The number of para-hydroxylation sites is 3. The molecule has 3 aromatic rings. The predicted molar refractivity (Wildman–Crippen MR) is 129 cm³/mol. The number of imidazole rings is 1. The largest absolute Gasteiger partial charge is 0.346 e. The van der Waals surface area contributed by atoms with E-state index in [4.69, 9.17) is 0 Å². The number of amides is 3. The van der Waals surface area contributed by atoms with E-state index < -0.39 is 5.66 Å². The summed E-state index contributed by atoms with van der Waals surface area (Å²) in [6.45, 7) is 6.21. The van der Waals surface area contributed by atoms with E-state index in [9.17, 15) is 14.4 Å². The second-order valence-corrected chi connectivity index (χ2v) is 9.60. The second-order valence-electron chi connectivity index (χ2n) is 9.60. The van der Waals surface area contributed by atoms with Gasteiger partial charge < -0.3 is 15.2 Å². The molecule has 0 radical (unpaired) electrons. The first-order chi connectivity index (χ1) is 16.3. The van der Waals surface area contributed by atoms with Crippen LogP contribution in [0.4, 0.5) is 5.69 Å². The molecular weight excluding hydrogens is 430 g/mol. The van der Waals surface area contributed by atoms with Crippen LogP contribution in [0.2, 0.25) is 0 Å². The summed E-state index contributed by atoms with van der Waals surface area (Å²) in [6, 6.07) is 14.7. The van der Waals surface area contributed by atoms with Gasteiger partial charge in [-0.1, -0.05) is 38.1 Å². The van der Waals surface area contributed by atoms with Crippen molar-refractivity contribution in [1.29, 1.82) is 0 Å². The topological polar surface area (TPSA) is 98.4 Å². The molecule has 1 aromatic heterocycles. The van der Waals surface area contributed by atoms with Crippen molar-refractivity contribution >= 4 is 34.4 Å². The van der Waals surface area contributed by atoms with Crippen molar-refractivity contribution in [3.05, 3.63) is 59.9 Å². The van der Waals surface area contributed by atoms with Crippen molar-refractivity contribution < 1.29 is 14.4 Å². The normalized spacial score (nSPS) is 20.6. The third kappa shape index (κ3) is 3.54. The Labute approximate surface area is 198 Å². The van der Waals surface area contributed by atoms with Gasteiger partial charge in [-0.25, -0.2) is 4.98 Å². The maximum atomic E-state index is 13.4. The summed E-state index contributed by atoms with van der Waals surface area (Å²) in [5.41, 5.74) is 2.17. The monoisotopic (exact) mass is 459 g/mol. The van der Waals surface area contributed by atoms with Crippen LogP contribution in [-0.2, 0) is 9.59 Å². The van der Waals surface area contributed by atoms with Crippen molar-refractivity contribution in [1.82, 2.24) is 20.2 Å². The Morgan fingerprint density at radius 1 is 1.15 bits per heavy atom. The molecule has 3 amide bonds. The first-order valence-electron chi connectivity index (χ1n) is 11.8. The highest BCUT2D eigenvalue weighted by molar-refractivity contribution is 6.10. The van der Waals surface area contributed by atoms with Crippen LogP contribution in [0.3, 0.4) is 0 Å². The lowest BCUT2D eigenvalue weighted by Gasteiger charge is -2.48. The maximum Gasteiger partial charge on any atom is 0.257 e. The molecule has 1 saturated heterocycles. The highest BCUT2D eigenvalue weighted by atomic mass is 16.2. The van der Waals surface area contributed by atoms with E-state index in [0.29, 0.717) is 29.9 Å². The number of carbonyl (C=O) groups excluding carboxylic acids is 3. The fourth-order valence-corrected chi connectivity index (χ4v) is 5.17. The number of anilines is 1. The number of aromatic nitrogens is 2. The highest BCUT2D eigenvalue weighted by Gasteiger charge is 2.52. The number of nitrogens with one attached hydrogen (secondary N) is 2. The molecule has 2 atom stereocenters. The van der Waals surface area contributed by atoms with Gasteiger partial charge in [-0.3, -0.25) is 19.3 Å². The summed E-state index contributed by atoms with van der Waals surface area (Å²) >= 11 is 0. The zero-order chi connectivity index (χ0) is 24.0. The average Bonchev–Trinajstić information content (AvgIpc) is 3.38. The minimum atomic E-state index is -0.765. The van der Waals surface area contributed by atoms with Crippen LogP contribution in [0.15, 0.2) is 48.5 Å². The van der Waals surface area contributed by atoms with Gasteiger partial charge in [0.15, 0.2) is 0 Å². The lowest BCUT2D eigenvalue weighted by atomic mass is 9.98. The number of benzene rings is 2. The second kappa shape index (κ2) is 8.27. The molecule has 2 N–H and O–H groups in total. The van der Waals surface area contributed by atoms with Crippen LogP contribution < -0.4 is 10.2 Å². The molecule has 2 aromatic carbocycles. The van der Waals surface area contributed by atoms with E-state index in [-0.39, 0.29) is 42.6 Å². The minimum absolute atomic E-state index is 0.00154. The molecule has 8 heteroatoms. The molecule has 8 nitrogen and oxygen atoms in total. The van der Waals surface area contributed by atoms with Gasteiger partial charge >= 0.3 is 0 Å². The van der Waals surface area contributed by atoms with Gasteiger partial charge in [-0.15, -0.1) is 0 Å². The number of H-pyrrole nitrogens is 1. The molecule has 34 heavy (non-hydrogen) atoms. The SMILES string of the molecule is CC(C)[C@H](NC(=O)CCN1C(=O)c2ccccc2N2C(=O)CC[C@]12C)c1nc2ccccc2[nH]1. The fourth-order valence-electron chi connectivity index (χ4n) is 5.17. The van der Waals surface area contributed by atoms with E-state index in [1.807, 2.05) is 57.2 Å². The van der Waals surface area contributed by atoms with E-state index in [1.54, 1.807) is 21.9 Å². The molecule has 0 spiro atoms. The molecule has 1 fully saturated rings. The summed E-state index contributed by atoms with van der Waals surface area (Å²) in [5, 5.41) is 3.10.